The van der Waals surface area contributed by atoms with Gasteiger partial charge in [0.2, 0.25) is 5.88 Å². The number of aromatic nitrogens is 3. The molecule has 1 aliphatic rings. The number of rotatable bonds is 4. The molecule has 0 atom stereocenters. The molecular formula is C28H26F3N5O5. The van der Waals surface area contributed by atoms with E-state index in [1.807, 2.05) is 20.8 Å². The van der Waals surface area contributed by atoms with Gasteiger partial charge in [-0.2, -0.15) is 0 Å². The molecule has 214 valence electrons. The lowest BCUT2D eigenvalue weighted by Gasteiger charge is -2.30. The third-order valence-electron chi connectivity index (χ3n) is 6.03. The van der Waals surface area contributed by atoms with E-state index in [2.05, 4.69) is 20.0 Å². The van der Waals surface area contributed by atoms with Crippen molar-refractivity contribution in [3.63, 3.8) is 0 Å². The summed E-state index contributed by atoms with van der Waals surface area (Å²) in [5, 5.41) is 3.25. The Morgan fingerprint density at radius 2 is 1.80 bits per heavy atom. The first kappa shape index (κ1) is 27.7. The Morgan fingerprint density at radius 3 is 2.56 bits per heavy atom. The lowest BCUT2D eigenvalue weighted by atomic mass is 10.1. The Kier molecular flexibility index (Phi) is 7.20. The molecule has 1 aliphatic heterocycles. The molecule has 0 bridgehead atoms. The number of alkyl halides is 3. The molecule has 2 aromatic heterocycles. The third-order valence-corrected chi connectivity index (χ3v) is 6.03. The number of nitrogens with one attached hydrogen (secondary N) is 1. The smallest absolute Gasteiger partial charge is 0.444 e. The molecule has 10 nitrogen and oxygen atoms in total. The quantitative estimate of drug-likeness (QED) is 0.299. The van der Waals surface area contributed by atoms with Crippen molar-refractivity contribution in [1.82, 2.24) is 19.4 Å². The molecule has 0 saturated heterocycles. The second kappa shape index (κ2) is 10.6. The van der Waals surface area contributed by atoms with Crippen LogP contribution in [0.3, 0.4) is 0 Å². The molecular weight excluding hydrogens is 543 g/mol. The van der Waals surface area contributed by atoms with Crippen LogP contribution in [-0.4, -0.2) is 50.1 Å². The molecule has 13 heteroatoms. The number of ether oxygens (including phenoxy) is 3. The lowest BCUT2D eigenvalue weighted by Crippen LogP contribution is -2.40. The fraction of sp³-hybridized carbons (Fsp3) is 0.286. The van der Waals surface area contributed by atoms with Crippen LogP contribution in [-0.2, 0) is 17.7 Å². The zero-order chi connectivity index (χ0) is 29.4. The lowest BCUT2D eigenvalue weighted by molar-refractivity contribution is -0.274. The number of hydrogen-bond donors (Lipinski definition) is 1. The molecule has 0 fully saturated rings. The Bertz CT molecular complexity index is 1610. The van der Waals surface area contributed by atoms with E-state index in [1.54, 1.807) is 29.2 Å². The van der Waals surface area contributed by atoms with E-state index in [0.29, 0.717) is 41.2 Å². The van der Waals surface area contributed by atoms with Crippen LogP contribution < -0.4 is 14.8 Å². The van der Waals surface area contributed by atoms with Crippen molar-refractivity contribution in [3.05, 3.63) is 72.3 Å². The summed E-state index contributed by atoms with van der Waals surface area (Å²) in [5.41, 5.74) is 1.54. The Labute approximate surface area is 232 Å². The maximum Gasteiger partial charge on any atom is 0.573 e. The second-order valence-electron chi connectivity index (χ2n) is 10.3. The predicted octanol–water partition coefficient (Wildman–Crippen LogP) is 6.50. The van der Waals surface area contributed by atoms with Gasteiger partial charge in [-0.3, -0.25) is 4.57 Å². The highest BCUT2D eigenvalue weighted by Crippen LogP contribution is 2.31. The van der Waals surface area contributed by atoms with Gasteiger partial charge in [-0.15, -0.1) is 13.2 Å². The fourth-order valence-corrected chi connectivity index (χ4v) is 4.32. The summed E-state index contributed by atoms with van der Waals surface area (Å²) in [4.78, 5) is 35.6. The summed E-state index contributed by atoms with van der Waals surface area (Å²) in [6.07, 6.45) is -1.85. The Balaban J connectivity index is 1.29. The largest absolute Gasteiger partial charge is 0.573 e. The fourth-order valence-electron chi connectivity index (χ4n) is 4.32. The number of benzene rings is 2. The first-order chi connectivity index (χ1) is 19.3. The van der Waals surface area contributed by atoms with Gasteiger partial charge in [0.05, 0.1) is 17.8 Å². The summed E-state index contributed by atoms with van der Waals surface area (Å²) < 4.78 is 54.4. The predicted molar refractivity (Wildman–Crippen MR) is 142 cm³/mol. The van der Waals surface area contributed by atoms with Crippen molar-refractivity contribution >= 4 is 28.7 Å². The zero-order valence-corrected chi connectivity index (χ0v) is 22.4. The van der Waals surface area contributed by atoms with Crippen LogP contribution in [0.4, 0.5) is 28.4 Å². The van der Waals surface area contributed by atoms with Gasteiger partial charge in [0, 0.05) is 35.4 Å². The monoisotopic (exact) mass is 569 g/mol. The van der Waals surface area contributed by atoms with Crippen LogP contribution >= 0.6 is 0 Å². The van der Waals surface area contributed by atoms with E-state index < -0.39 is 29.8 Å². The topological polar surface area (TPSA) is 108 Å². The summed E-state index contributed by atoms with van der Waals surface area (Å²) in [6, 6.07) is 11.2. The van der Waals surface area contributed by atoms with Gasteiger partial charge in [0.1, 0.15) is 23.4 Å². The SMILES string of the molecule is CC(C)(C)OC(=O)N1CCc2c(ncnc2Oc2ccc3c(ccn3C(=O)Nc3cccc(OC(F)(F)F)c3)c2)C1. The number of hydrogen-bond acceptors (Lipinski definition) is 7. The zero-order valence-electron chi connectivity index (χ0n) is 22.4. The van der Waals surface area contributed by atoms with Crippen LogP contribution in [0.1, 0.15) is 32.0 Å². The number of amides is 2. The van der Waals surface area contributed by atoms with Gasteiger partial charge < -0.3 is 24.4 Å². The third kappa shape index (κ3) is 6.68. The first-order valence-corrected chi connectivity index (χ1v) is 12.6. The summed E-state index contributed by atoms with van der Waals surface area (Å²) in [7, 11) is 0. The van der Waals surface area contributed by atoms with E-state index in [0.717, 1.165) is 17.7 Å². The molecule has 41 heavy (non-hydrogen) atoms. The number of nitrogens with zero attached hydrogens (tertiary/aromatic N) is 4. The van der Waals surface area contributed by atoms with Gasteiger partial charge in [0.25, 0.3) is 0 Å². The maximum atomic E-state index is 12.9. The molecule has 2 amide bonds. The molecule has 0 unspecified atom stereocenters. The normalized spacial score (nSPS) is 13.5. The highest BCUT2D eigenvalue weighted by atomic mass is 19.4. The average molecular weight is 570 g/mol. The Hall–Kier alpha value is -4.81. The minimum Gasteiger partial charge on any atom is -0.444 e. The molecule has 0 aliphatic carbocycles. The number of carbonyl (C=O) groups is 2. The van der Waals surface area contributed by atoms with Gasteiger partial charge in [0.15, 0.2) is 0 Å². The standard InChI is InChI=1S/C28H26F3N5O5/c1-27(2,3)41-26(38)35-11-10-21-22(15-35)32-16-33-24(21)39-19-7-8-23-17(13-19)9-12-36(23)25(37)34-18-5-4-6-20(14-18)40-28(29,30)31/h4-9,12-14,16H,10-11,15H2,1-3H3,(H,34,37). The molecule has 0 radical (unpaired) electrons. The van der Waals surface area contributed by atoms with Crippen LogP contribution in [0.2, 0.25) is 0 Å². The average Bonchev–Trinajstić information content (AvgIpc) is 3.30. The van der Waals surface area contributed by atoms with Gasteiger partial charge in [-0.25, -0.2) is 19.6 Å². The van der Waals surface area contributed by atoms with Gasteiger partial charge >= 0.3 is 18.5 Å². The van der Waals surface area contributed by atoms with Crippen molar-refractivity contribution in [2.75, 3.05) is 11.9 Å². The molecule has 5 rings (SSSR count). The number of halogens is 3. The first-order valence-electron chi connectivity index (χ1n) is 12.6. The van der Waals surface area contributed by atoms with Crippen molar-refractivity contribution in [2.24, 2.45) is 0 Å². The van der Waals surface area contributed by atoms with Crippen LogP contribution in [0.15, 0.2) is 61.1 Å². The number of anilines is 1. The van der Waals surface area contributed by atoms with E-state index >= 15 is 0 Å². The van der Waals surface area contributed by atoms with Gasteiger partial charge in [-0.05, 0) is 63.6 Å². The summed E-state index contributed by atoms with van der Waals surface area (Å²) in [6.45, 7) is 6.12. The minimum atomic E-state index is -4.84. The van der Waals surface area contributed by atoms with Crippen molar-refractivity contribution in [2.45, 2.75) is 45.7 Å². The number of fused-ring (bicyclic) bond motifs is 2. The van der Waals surface area contributed by atoms with E-state index in [1.165, 1.54) is 29.2 Å². The number of carbonyl (C=O) groups excluding carboxylic acids is 2. The molecule has 1 N–H and O–H groups in total. The molecule has 0 spiro atoms. The summed E-state index contributed by atoms with van der Waals surface area (Å²) in [5.74, 6) is 0.401. The highest BCUT2D eigenvalue weighted by Gasteiger charge is 2.31. The van der Waals surface area contributed by atoms with E-state index in [-0.39, 0.29) is 12.2 Å². The van der Waals surface area contributed by atoms with Crippen LogP contribution in [0.25, 0.3) is 10.9 Å². The van der Waals surface area contributed by atoms with Crippen molar-refractivity contribution in [3.8, 4) is 17.4 Å². The van der Waals surface area contributed by atoms with E-state index in [9.17, 15) is 22.8 Å². The van der Waals surface area contributed by atoms with E-state index in [4.69, 9.17) is 9.47 Å². The van der Waals surface area contributed by atoms with Crippen molar-refractivity contribution in [1.29, 1.82) is 0 Å². The van der Waals surface area contributed by atoms with Crippen LogP contribution in [0.5, 0.6) is 17.4 Å². The van der Waals surface area contributed by atoms with Gasteiger partial charge in [-0.1, -0.05) is 6.07 Å². The molecule has 2 aromatic carbocycles. The minimum absolute atomic E-state index is 0.136. The van der Waals surface area contributed by atoms with Crippen LogP contribution in [0, 0.1) is 0 Å². The molecule has 0 saturated carbocycles. The molecule has 3 heterocycles. The van der Waals surface area contributed by atoms with Crippen molar-refractivity contribution < 1.29 is 37.0 Å². The summed E-state index contributed by atoms with van der Waals surface area (Å²) >= 11 is 0. The highest BCUT2D eigenvalue weighted by molar-refractivity contribution is 5.98. The Morgan fingerprint density at radius 1 is 1.00 bits per heavy atom. The molecule has 4 aromatic rings. The maximum absolute atomic E-state index is 12.9. The second-order valence-corrected chi connectivity index (χ2v) is 10.3.